The number of carbonyl (C=O) groups is 7. The molecule has 5 unspecified atom stereocenters. The third-order valence-corrected chi connectivity index (χ3v) is 6.98. The molecule has 5 atom stereocenters. The fourth-order valence-electron chi connectivity index (χ4n) is 4.65. The van der Waals surface area contributed by atoms with Gasteiger partial charge in [-0.3, -0.25) is 33.8 Å². The molecule has 1 heterocycles. The summed E-state index contributed by atoms with van der Waals surface area (Å²) in [5.74, 6) is -6.51. The third kappa shape index (κ3) is 14.1. The average Bonchev–Trinajstić information content (AvgIpc) is 3.47. The number of likely N-dealkylation sites (tertiary alicyclic amines) is 1. The molecule has 13 N–H and O–H groups in total. The Kier molecular flexibility index (Phi) is 17.0. The van der Waals surface area contributed by atoms with Crippen LogP contribution in [0.3, 0.4) is 0 Å². The van der Waals surface area contributed by atoms with Crippen LogP contribution in [-0.4, -0.2) is 124 Å². The van der Waals surface area contributed by atoms with Gasteiger partial charge in [0.25, 0.3) is 0 Å². The summed E-state index contributed by atoms with van der Waals surface area (Å²) >= 11 is 0. The summed E-state index contributed by atoms with van der Waals surface area (Å²) in [5, 5.41) is 36.9. The summed E-state index contributed by atoms with van der Waals surface area (Å²) in [6.45, 7) is 2.62. The fraction of sp³-hybridized carbons (Fsp3) is 0.704. The number of rotatable bonds is 20. The van der Waals surface area contributed by atoms with Gasteiger partial charge in [-0.2, -0.15) is 0 Å². The van der Waals surface area contributed by atoms with Crippen LogP contribution in [-0.2, 0) is 33.6 Å². The van der Waals surface area contributed by atoms with Crippen molar-refractivity contribution in [2.75, 3.05) is 26.2 Å². The van der Waals surface area contributed by atoms with Gasteiger partial charge in [-0.25, -0.2) is 4.79 Å². The number of carbonyl (C=O) groups excluding carboxylic acids is 5. The number of nitrogens with zero attached hydrogens (tertiary/aromatic N) is 2. The first kappa shape index (κ1) is 39.5. The van der Waals surface area contributed by atoms with Gasteiger partial charge in [0.1, 0.15) is 24.2 Å². The third-order valence-electron chi connectivity index (χ3n) is 6.98. The lowest BCUT2D eigenvalue weighted by atomic mass is 10.0. The Hall–Kier alpha value is -4.52. The molecule has 260 valence electrons. The molecule has 1 aliphatic heterocycles. The smallest absolute Gasteiger partial charge is 0.326 e. The first-order valence-electron chi connectivity index (χ1n) is 14.9. The van der Waals surface area contributed by atoms with E-state index in [0.717, 1.165) is 0 Å². The topological polar surface area (TPSA) is 322 Å². The Labute approximate surface area is 266 Å². The average molecular weight is 658 g/mol. The molecule has 19 nitrogen and oxygen atoms in total. The predicted octanol–water partition coefficient (Wildman–Crippen LogP) is -4.08. The van der Waals surface area contributed by atoms with Crippen molar-refractivity contribution in [3.8, 4) is 0 Å². The van der Waals surface area contributed by atoms with Crippen LogP contribution in [0.1, 0.15) is 58.8 Å². The van der Waals surface area contributed by atoms with Crippen molar-refractivity contribution in [3.05, 3.63) is 0 Å². The molecule has 5 amide bonds. The van der Waals surface area contributed by atoms with E-state index in [1.807, 2.05) is 13.8 Å². The standard InChI is InChI=1S/C27H47N9O10/c1-14(2)11-17(34-22(41)15(28)5-3-9-31-27(29)30)25(44)36-10-4-6-19(36)24(43)35-18(13-37)23(42)32-12-20(38)33-16(26(45)46)7-8-21(39)40/h14-19,37H,3-13,28H2,1-2H3,(H,32,42)(H,33,38)(H,34,41)(H,35,43)(H,39,40)(H,45,46)(H4,29,30,31). The van der Waals surface area contributed by atoms with E-state index in [0.29, 0.717) is 12.8 Å². The van der Waals surface area contributed by atoms with Gasteiger partial charge < -0.3 is 58.7 Å². The maximum absolute atomic E-state index is 13.6. The first-order valence-corrected chi connectivity index (χ1v) is 14.9. The van der Waals surface area contributed by atoms with Crippen molar-refractivity contribution in [2.45, 2.75) is 89.0 Å². The van der Waals surface area contributed by atoms with Crippen LogP contribution in [0.15, 0.2) is 4.99 Å². The summed E-state index contributed by atoms with van der Waals surface area (Å²) in [4.78, 5) is 91.4. The number of nitrogens with two attached hydrogens (primary N) is 3. The van der Waals surface area contributed by atoms with Gasteiger partial charge in [0.15, 0.2) is 5.96 Å². The molecular weight excluding hydrogens is 610 g/mol. The maximum atomic E-state index is 13.6. The molecule has 0 saturated carbocycles. The molecule has 0 aromatic rings. The summed E-state index contributed by atoms with van der Waals surface area (Å²) in [6.07, 6.45) is 0.770. The summed E-state index contributed by atoms with van der Waals surface area (Å²) < 4.78 is 0. The highest BCUT2D eigenvalue weighted by Gasteiger charge is 2.39. The summed E-state index contributed by atoms with van der Waals surface area (Å²) in [6, 6.07) is -5.94. The number of aliphatic hydroxyl groups excluding tert-OH is 1. The minimum absolute atomic E-state index is 0.00941. The zero-order valence-corrected chi connectivity index (χ0v) is 26.1. The monoisotopic (exact) mass is 657 g/mol. The molecule has 1 fully saturated rings. The van der Waals surface area contributed by atoms with Crippen LogP contribution >= 0.6 is 0 Å². The second-order valence-electron chi connectivity index (χ2n) is 11.3. The van der Waals surface area contributed by atoms with E-state index in [9.17, 15) is 38.7 Å². The molecule has 46 heavy (non-hydrogen) atoms. The predicted molar refractivity (Wildman–Crippen MR) is 162 cm³/mol. The van der Waals surface area contributed by atoms with Crippen molar-refractivity contribution in [3.63, 3.8) is 0 Å². The molecule has 1 saturated heterocycles. The number of carboxylic acids is 2. The van der Waals surface area contributed by atoms with E-state index in [1.165, 1.54) is 4.90 Å². The van der Waals surface area contributed by atoms with E-state index in [2.05, 4.69) is 26.3 Å². The highest BCUT2D eigenvalue weighted by Crippen LogP contribution is 2.21. The second-order valence-corrected chi connectivity index (χ2v) is 11.3. The molecule has 1 rings (SSSR count). The largest absolute Gasteiger partial charge is 0.481 e. The number of nitrogens with one attached hydrogen (secondary N) is 4. The number of amides is 5. The number of carboxylic acid groups (broad SMARTS) is 2. The van der Waals surface area contributed by atoms with Crippen LogP contribution in [0.4, 0.5) is 0 Å². The Morgan fingerprint density at radius 1 is 0.935 bits per heavy atom. The van der Waals surface area contributed by atoms with Crippen LogP contribution < -0.4 is 38.5 Å². The number of aliphatic carboxylic acids is 2. The molecule has 0 spiro atoms. The lowest BCUT2D eigenvalue weighted by molar-refractivity contribution is -0.143. The van der Waals surface area contributed by atoms with Crippen LogP contribution in [0.25, 0.3) is 0 Å². The number of aliphatic imine (C=N–C) groups is 1. The second kappa shape index (κ2) is 19.8. The fourth-order valence-corrected chi connectivity index (χ4v) is 4.65. The number of aliphatic hydroxyl groups is 1. The summed E-state index contributed by atoms with van der Waals surface area (Å²) in [5.41, 5.74) is 16.6. The lowest BCUT2D eigenvalue weighted by Crippen LogP contribution is -2.58. The van der Waals surface area contributed by atoms with Crippen LogP contribution in [0.5, 0.6) is 0 Å². The quantitative estimate of drug-likeness (QED) is 0.0339. The molecule has 0 aliphatic carbocycles. The Balaban J connectivity index is 2.82. The lowest BCUT2D eigenvalue weighted by Gasteiger charge is -2.30. The van der Waals surface area contributed by atoms with Crippen molar-refractivity contribution in [1.29, 1.82) is 0 Å². The number of hydrogen-bond acceptors (Lipinski definition) is 10. The first-order chi connectivity index (χ1) is 21.6. The maximum Gasteiger partial charge on any atom is 0.326 e. The minimum Gasteiger partial charge on any atom is -0.481 e. The SMILES string of the molecule is CC(C)CC(NC(=O)C(N)CCCN=C(N)N)C(=O)N1CCCC1C(=O)NC(CO)C(=O)NCC(=O)NC(CCC(=O)O)C(=O)O. The highest BCUT2D eigenvalue weighted by atomic mass is 16.4. The molecule has 0 aromatic carbocycles. The van der Waals surface area contributed by atoms with Gasteiger partial charge in [-0.15, -0.1) is 0 Å². The zero-order chi connectivity index (χ0) is 35.0. The van der Waals surface area contributed by atoms with Crippen molar-refractivity contribution >= 4 is 47.4 Å². The van der Waals surface area contributed by atoms with Crippen LogP contribution in [0, 0.1) is 5.92 Å². The van der Waals surface area contributed by atoms with Gasteiger partial charge in [0.2, 0.25) is 29.5 Å². The Morgan fingerprint density at radius 2 is 1.61 bits per heavy atom. The number of hydrogen-bond donors (Lipinski definition) is 10. The van der Waals surface area contributed by atoms with E-state index in [-0.39, 0.29) is 50.7 Å². The molecule has 19 heteroatoms. The van der Waals surface area contributed by atoms with E-state index in [4.69, 9.17) is 27.4 Å². The van der Waals surface area contributed by atoms with Crippen molar-refractivity contribution in [2.24, 2.45) is 28.1 Å². The molecule has 1 aliphatic rings. The minimum atomic E-state index is -1.51. The molecule has 0 bridgehead atoms. The van der Waals surface area contributed by atoms with Gasteiger partial charge in [-0.1, -0.05) is 13.8 Å². The summed E-state index contributed by atoms with van der Waals surface area (Å²) in [7, 11) is 0. The Bertz CT molecular complexity index is 1130. The molecule has 0 radical (unpaired) electrons. The molecule has 0 aromatic heterocycles. The van der Waals surface area contributed by atoms with Gasteiger partial charge in [0.05, 0.1) is 19.2 Å². The van der Waals surface area contributed by atoms with Gasteiger partial charge in [-0.05, 0) is 44.4 Å². The Morgan fingerprint density at radius 3 is 2.17 bits per heavy atom. The van der Waals surface area contributed by atoms with E-state index in [1.54, 1.807) is 0 Å². The highest BCUT2D eigenvalue weighted by molar-refractivity contribution is 5.96. The van der Waals surface area contributed by atoms with Crippen LogP contribution in [0.2, 0.25) is 0 Å². The normalized spacial score (nSPS) is 16.8. The zero-order valence-electron chi connectivity index (χ0n) is 26.1. The van der Waals surface area contributed by atoms with E-state index >= 15 is 0 Å². The molecular formula is C27H47N9O10. The van der Waals surface area contributed by atoms with Gasteiger partial charge in [0, 0.05) is 19.5 Å². The van der Waals surface area contributed by atoms with E-state index < -0.39 is 91.3 Å². The number of guanidine groups is 1. The van der Waals surface area contributed by atoms with Crippen molar-refractivity contribution in [1.82, 2.24) is 26.2 Å². The van der Waals surface area contributed by atoms with Crippen molar-refractivity contribution < 1.29 is 48.9 Å². The van der Waals surface area contributed by atoms with Gasteiger partial charge >= 0.3 is 11.9 Å².